The lowest BCUT2D eigenvalue weighted by Gasteiger charge is -2.02. The Bertz CT molecular complexity index is 1200. The summed E-state index contributed by atoms with van der Waals surface area (Å²) in [5.41, 5.74) is 1.33. The molecule has 2 aromatic heterocycles. The van der Waals surface area contributed by atoms with Gasteiger partial charge in [0, 0.05) is 5.56 Å². The second-order valence-corrected chi connectivity index (χ2v) is 7.36. The monoisotopic (exact) mass is 442 g/mol. The van der Waals surface area contributed by atoms with E-state index in [1.807, 2.05) is 18.2 Å². The third-order valence-electron chi connectivity index (χ3n) is 4.22. The standard InChI is InChI=1S/C23H13Cl3O3/c24-16-5-2-1-4-15(16)20-12-13-21(29-20)19(27)10-8-14-9-11-22(28-14)23-17(25)6-3-7-18(23)26/h1-13H. The van der Waals surface area contributed by atoms with E-state index in [0.29, 0.717) is 37.9 Å². The van der Waals surface area contributed by atoms with Gasteiger partial charge in [-0.05, 0) is 60.7 Å². The Labute approximate surface area is 182 Å². The lowest BCUT2D eigenvalue weighted by atomic mass is 10.2. The Morgan fingerprint density at radius 2 is 1.41 bits per heavy atom. The Hall–Kier alpha value is -2.72. The van der Waals surface area contributed by atoms with Crippen molar-refractivity contribution in [3.63, 3.8) is 0 Å². The molecular weight excluding hydrogens is 431 g/mol. The van der Waals surface area contributed by atoms with Crippen molar-refractivity contribution in [1.29, 1.82) is 0 Å². The Balaban J connectivity index is 1.53. The van der Waals surface area contributed by atoms with Gasteiger partial charge >= 0.3 is 0 Å². The van der Waals surface area contributed by atoms with Crippen LogP contribution in [0, 0.1) is 0 Å². The van der Waals surface area contributed by atoms with E-state index in [0.717, 1.165) is 5.56 Å². The van der Waals surface area contributed by atoms with Gasteiger partial charge in [0.25, 0.3) is 0 Å². The smallest absolute Gasteiger partial charge is 0.221 e. The molecule has 0 bridgehead atoms. The third-order valence-corrected chi connectivity index (χ3v) is 5.18. The summed E-state index contributed by atoms with van der Waals surface area (Å²) < 4.78 is 11.4. The van der Waals surface area contributed by atoms with Crippen LogP contribution in [0.3, 0.4) is 0 Å². The predicted octanol–water partition coefficient (Wildman–Crippen LogP) is 8.06. The highest BCUT2D eigenvalue weighted by Gasteiger charge is 2.14. The van der Waals surface area contributed by atoms with Crippen LogP contribution in [-0.4, -0.2) is 5.78 Å². The highest BCUT2D eigenvalue weighted by molar-refractivity contribution is 6.39. The van der Waals surface area contributed by atoms with Crippen LogP contribution < -0.4 is 0 Å². The maximum Gasteiger partial charge on any atom is 0.221 e. The molecule has 0 spiro atoms. The molecule has 0 aliphatic heterocycles. The molecular formula is C23H13Cl3O3. The molecule has 29 heavy (non-hydrogen) atoms. The van der Waals surface area contributed by atoms with Crippen molar-refractivity contribution in [2.24, 2.45) is 0 Å². The SMILES string of the molecule is O=C(C=Cc1ccc(-c2c(Cl)cccc2Cl)o1)c1ccc(-c2ccccc2Cl)o1. The van der Waals surface area contributed by atoms with Crippen LogP contribution in [0.2, 0.25) is 15.1 Å². The molecule has 0 aliphatic rings. The Kier molecular flexibility index (Phi) is 5.63. The summed E-state index contributed by atoms with van der Waals surface area (Å²) in [6.45, 7) is 0. The molecule has 2 heterocycles. The van der Waals surface area contributed by atoms with Gasteiger partial charge in [-0.1, -0.05) is 53.0 Å². The number of furan rings is 2. The number of rotatable bonds is 5. The molecule has 6 heteroatoms. The Morgan fingerprint density at radius 1 is 0.724 bits per heavy atom. The summed E-state index contributed by atoms with van der Waals surface area (Å²) in [6, 6.07) is 19.3. The van der Waals surface area contributed by atoms with Gasteiger partial charge < -0.3 is 8.83 Å². The van der Waals surface area contributed by atoms with E-state index >= 15 is 0 Å². The fraction of sp³-hybridized carbons (Fsp3) is 0. The van der Waals surface area contributed by atoms with Crippen molar-refractivity contribution < 1.29 is 13.6 Å². The van der Waals surface area contributed by atoms with Crippen molar-refractivity contribution in [2.45, 2.75) is 0 Å². The van der Waals surface area contributed by atoms with Crippen LogP contribution in [0.4, 0.5) is 0 Å². The molecule has 2 aromatic carbocycles. The fourth-order valence-corrected chi connectivity index (χ4v) is 3.64. The minimum Gasteiger partial charge on any atom is -0.457 e. The molecule has 0 aliphatic carbocycles. The second kappa shape index (κ2) is 8.34. The van der Waals surface area contributed by atoms with Crippen molar-refractivity contribution in [1.82, 2.24) is 0 Å². The van der Waals surface area contributed by atoms with Crippen LogP contribution in [-0.2, 0) is 0 Å². The first-order valence-electron chi connectivity index (χ1n) is 8.64. The van der Waals surface area contributed by atoms with Crippen LogP contribution in [0.5, 0.6) is 0 Å². The summed E-state index contributed by atoms with van der Waals surface area (Å²) in [7, 11) is 0. The lowest BCUT2D eigenvalue weighted by Crippen LogP contribution is -1.90. The molecule has 0 saturated heterocycles. The van der Waals surface area contributed by atoms with Gasteiger partial charge in [0.1, 0.15) is 17.3 Å². The predicted molar refractivity (Wildman–Crippen MR) is 117 cm³/mol. The maximum atomic E-state index is 12.4. The highest BCUT2D eigenvalue weighted by Crippen LogP contribution is 2.35. The van der Waals surface area contributed by atoms with Crippen molar-refractivity contribution in [3.8, 4) is 22.6 Å². The van der Waals surface area contributed by atoms with Gasteiger partial charge in [-0.15, -0.1) is 0 Å². The summed E-state index contributed by atoms with van der Waals surface area (Å²) in [4.78, 5) is 12.4. The molecule has 0 radical (unpaired) electrons. The van der Waals surface area contributed by atoms with Gasteiger partial charge in [-0.25, -0.2) is 0 Å². The van der Waals surface area contributed by atoms with Crippen molar-refractivity contribution in [2.75, 3.05) is 0 Å². The zero-order chi connectivity index (χ0) is 20.4. The Morgan fingerprint density at radius 3 is 2.17 bits per heavy atom. The van der Waals surface area contributed by atoms with Gasteiger partial charge in [0.2, 0.25) is 5.78 Å². The summed E-state index contributed by atoms with van der Waals surface area (Å²) in [5.74, 6) is 1.45. The van der Waals surface area contributed by atoms with E-state index in [1.54, 1.807) is 54.6 Å². The molecule has 0 saturated carbocycles. The van der Waals surface area contributed by atoms with E-state index in [-0.39, 0.29) is 11.5 Å². The van der Waals surface area contributed by atoms with Crippen molar-refractivity contribution in [3.05, 3.63) is 99.4 Å². The van der Waals surface area contributed by atoms with E-state index in [4.69, 9.17) is 43.6 Å². The lowest BCUT2D eigenvalue weighted by molar-refractivity contribution is 0.102. The maximum absolute atomic E-state index is 12.4. The second-order valence-electron chi connectivity index (χ2n) is 6.14. The number of hydrogen-bond donors (Lipinski definition) is 0. The largest absolute Gasteiger partial charge is 0.457 e. The number of ketones is 1. The van der Waals surface area contributed by atoms with Crippen LogP contribution in [0.25, 0.3) is 28.7 Å². The molecule has 0 atom stereocenters. The average molecular weight is 444 g/mol. The minimum atomic E-state index is -0.294. The molecule has 0 amide bonds. The topological polar surface area (TPSA) is 43.4 Å². The quantitative estimate of drug-likeness (QED) is 0.231. The van der Waals surface area contributed by atoms with Crippen LogP contribution >= 0.6 is 34.8 Å². The minimum absolute atomic E-state index is 0.206. The average Bonchev–Trinajstić information content (AvgIpc) is 3.36. The van der Waals surface area contributed by atoms with Crippen molar-refractivity contribution >= 4 is 46.7 Å². The molecule has 0 N–H and O–H groups in total. The number of allylic oxidation sites excluding steroid dienone is 1. The first kappa shape index (κ1) is 19.6. The zero-order valence-electron chi connectivity index (χ0n) is 14.9. The van der Waals surface area contributed by atoms with E-state index in [9.17, 15) is 4.79 Å². The molecule has 144 valence electrons. The molecule has 0 fully saturated rings. The van der Waals surface area contributed by atoms with E-state index < -0.39 is 0 Å². The summed E-state index contributed by atoms with van der Waals surface area (Å²) >= 11 is 18.6. The van der Waals surface area contributed by atoms with E-state index in [2.05, 4.69) is 0 Å². The van der Waals surface area contributed by atoms with Crippen LogP contribution in [0.15, 0.2) is 81.6 Å². The summed E-state index contributed by atoms with van der Waals surface area (Å²) in [5, 5.41) is 1.53. The van der Waals surface area contributed by atoms with Gasteiger partial charge in [0.05, 0.1) is 20.6 Å². The number of carbonyl (C=O) groups excluding carboxylic acids is 1. The zero-order valence-corrected chi connectivity index (χ0v) is 17.1. The first-order chi connectivity index (χ1) is 14.0. The number of hydrogen-bond acceptors (Lipinski definition) is 3. The first-order valence-corrected chi connectivity index (χ1v) is 9.77. The number of carbonyl (C=O) groups is 1. The third kappa shape index (κ3) is 4.18. The highest BCUT2D eigenvalue weighted by atomic mass is 35.5. The van der Waals surface area contributed by atoms with Gasteiger partial charge in [-0.3, -0.25) is 4.79 Å². The molecule has 4 rings (SSSR count). The molecule has 4 aromatic rings. The molecule has 3 nitrogen and oxygen atoms in total. The van der Waals surface area contributed by atoms with E-state index in [1.165, 1.54) is 6.08 Å². The number of benzene rings is 2. The van der Waals surface area contributed by atoms with Crippen LogP contribution in [0.1, 0.15) is 16.3 Å². The summed E-state index contributed by atoms with van der Waals surface area (Å²) in [6.07, 6.45) is 2.94. The molecule has 0 unspecified atom stereocenters. The van der Waals surface area contributed by atoms with Gasteiger partial charge in [0.15, 0.2) is 5.76 Å². The normalized spacial score (nSPS) is 11.3. The number of halogens is 3. The van der Waals surface area contributed by atoms with Gasteiger partial charge in [-0.2, -0.15) is 0 Å². The fourth-order valence-electron chi connectivity index (χ4n) is 2.83.